The minimum Gasteiger partial charge on any atom is -0.317 e. The summed E-state index contributed by atoms with van der Waals surface area (Å²) in [6.07, 6.45) is 1.71. The molecule has 1 N–H and O–H groups in total. The minimum absolute atomic E-state index is 0.897. The Hall–Kier alpha value is -0.640. The molecule has 44 valence electrons. The number of hydrogen-bond donors (Lipinski definition) is 2. The molecule has 0 amide bonds. The number of thiol groups is 1. The van der Waals surface area contributed by atoms with Crippen LogP contribution < -0.4 is 4.72 Å². The Morgan fingerprint density at radius 2 is 2.62 bits per heavy atom. The third kappa shape index (κ3) is 0.790. The fraction of sp³-hybridized carbons (Fsp3) is 0.250. The van der Waals surface area contributed by atoms with Crippen LogP contribution in [0.4, 0.5) is 5.82 Å². The average molecular weight is 129 g/mol. The van der Waals surface area contributed by atoms with Crippen LogP contribution in [0, 0.1) is 0 Å². The molecule has 0 bridgehead atoms. The summed E-state index contributed by atoms with van der Waals surface area (Å²) in [6, 6.07) is 1.84. The highest BCUT2D eigenvalue weighted by Crippen LogP contribution is 2.02. The largest absolute Gasteiger partial charge is 0.317 e. The number of rotatable bonds is 1. The summed E-state index contributed by atoms with van der Waals surface area (Å²) < 4.78 is 4.37. The van der Waals surface area contributed by atoms with Crippen LogP contribution in [-0.4, -0.2) is 9.78 Å². The quantitative estimate of drug-likeness (QED) is 0.546. The molecular weight excluding hydrogens is 122 g/mol. The molecule has 3 nitrogen and oxygen atoms in total. The van der Waals surface area contributed by atoms with E-state index in [0.29, 0.717) is 0 Å². The van der Waals surface area contributed by atoms with E-state index >= 15 is 0 Å². The second kappa shape index (κ2) is 2.09. The third-order valence-electron chi connectivity index (χ3n) is 0.935. The maximum atomic E-state index is 3.89. The SMILES string of the molecule is Cn1nccc1NS. The Morgan fingerprint density at radius 3 is 2.88 bits per heavy atom. The van der Waals surface area contributed by atoms with E-state index in [-0.39, 0.29) is 0 Å². The lowest BCUT2D eigenvalue weighted by Gasteiger charge is -1.94. The van der Waals surface area contributed by atoms with Gasteiger partial charge in [0, 0.05) is 13.1 Å². The molecule has 0 radical (unpaired) electrons. The molecule has 0 aliphatic rings. The highest BCUT2D eigenvalue weighted by Gasteiger charge is 1.89. The standard InChI is InChI=1S/C4H7N3S/c1-7-4(6-8)2-3-5-7/h2-3,6,8H,1H3. The molecule has 4 heteroatoms. The summed E-state index contributed by atoms with van der Waals surface area (Å²) >= 11 is 3.84. The fourth-order valence-corrected chi connectivity index (χ4v) is 0.703. The van der Waals surface area contributed by atoms with Gasteiger partial charge in [-0.1, -0.05) is 12.8 Å². The number of nitrogens with one attached hydrogen (secondary N) is 1. The van der Waals surface area contributed by atoms with E-state index in [0.717, 1.165) is 5.82 Å². The van der Waals surface area contributed by atoms with Crippen molar-refractivity contribution in [3.63, 3.8) is 0 Å². The topological polar surface area (TPSA) is 29.9 Å². The van der Waals surface area contributed by atoms with Crippen molar-refractivity contribution in [3.8, 4) is 0 Å². The highest BCUT2D eigenvalue weighted by atomic mass is 32.1. The molecule has 0 spiro atoms. The van der Waals surface area contributed by atoms with Gasteiger partial charge in [0.2, 0.25) is 0 Å². The van der Waals surface area contributed by atoms with Crippen LogP contribution in [0.15, 0.2) is 12.3 Å². The minimum atomic E-state index is 0.897. The van der Waals surface area contributed by atoms with Crippen molar-refractivity contribution >= 4 is 18.6 Å². The van der Waals surface area contributed by atoms with Gasteiger partial charge < -0.3 is 4.72 Å². The van der Waals surface area contributed by atoms with Crippen LogP contribution in [0.5, 0.6) is 0 Å². The zero-order valence-corrected chi connectivity index (χ0v) is 5.39. The van der Waals surface area contributed by atoms with Gasteiger partial charge in [-0.3, -0.25) is 4.68 Å². The van der Waals surface area contributed by atoms with Crippen molar-refractivity contribution in [2.24, 2.45) is 7.05 Å². The van der Waals surface area contributed by atoms with E-state index in [1.807, 2.05) is 13.1 Å². The maximum absolute atomic E-state index is 3.89. The maximum Gasteiger partial charge on any atom is 0.133 e. The Labute approximate surface area is 53.2 Å². The van der Waals surface area contributed by atoms with Gasteiger partial charge in [-0.15, -0.1) is 0 Å². The molecule has 0 aliphatic carbocycles. The molecule has 1 rings (SSSR count). The van der Waals surface area contributed by atoms with Crippen molar-refractivity contribution in [1.82, 2.24) is 9.78 Å². The molecule has 8 heavy (non-hydrogen) atoms. The van der Waals surface area contributed by atoms with E-state index in [1.165, 1.54) is 0 Å². The van der Waals surface area contributed by atoms with Crippen molar-refractivity contribution in [3.05, 3.63) is 12.3 Å². The van der Waals surface area contributed by atoms with Gasteiger partial charge in [-0.25, -0.2) is 0 Å². The molecule has 0 aromatic carbocycles. The number of hydrogen-bond acceptors (Lipinski definition) is 3. The van der Waals surface area contributed by atoms with E-state index in [4.69, 9.17) is 0 Å². The van der Waals surface area contributed by atoms with Gasteiger partial charge >= 0.3 is 0 Å². The number of nitrogens with zero attached hydrogens (tertiary/aromatic N) is 2. The predicted octanol–water partition coefficient (Wildman–Crippen LogP) is 0.677. The van der Waals surface area contributed by atoms with E-state index in [1.54, 1.807) is 10.9 Å². The number of anilines is 1. The van der Waals surface area contributed by atoms with Gasteiger partial charge in [0.25, 0.3) is 0 Å². The second-order valence-corrected chi connectivity index (χ2v) is 1.68. The third-order valence-corrected chi connectivity index (χ3v) is 1.16. The summed E-state index contributed by atoms with van der Waals surface area (Å²) in [7, 11) is 1.85. The molecule has 0 saturated heterocycles. The first-order valence-corrected chi connectivity index (χ1v) is 2.67. The smallest absolute Gasteiger partial charge is 0.133 e. The Bertz CT molecular complexity index is 172. The van der Waals surface area contributed by atoms with E-state index in [9.17, 15) is 0 Å². The van der Waals surface area contributed by atoms with Gasteiger partial charge in [0.1, 0.15) is 5.82 Å². The van der Waals surface area contributed by atoms with Crippen molar-refractivity contribution in [2.75, 3.05) is 4.72 Å². The summed E-state index contributed by atoms with van der Waals surface area (Å²) in [4.78, 5) is 0. The molecule has 0 atom stereocenters. The Kier molecular flexibility index (Phi) is 1.43. The summed E-state index contributed by atoms with van der Waals surface area (Å²) in [5, 5.41) is 3.89. The zero-order valence-electron chi connectivity index (χ0n) is 4.50. The molecule has 0 fully saturated rings. The zero-order chi connectivity index (χ0) is 5.98. The van der Waals surface area contributed by atoms with Crippen LogP contribution in [-0.2, 0) is 7.05 Å². The Morgan fingerprint density at radius 1 is 1.88 bits per heavy atom. The first-order valence-electron chi connectivity index (χ1n) is 2.22. The van der Waals surface area contributed by atoms with Gasteiger partial charge in [0.15, 0.2) is 0 Å². The summed E-state index contributed by atoms with van der Waals surface area (Å²) in [5.41, 5.74) is 0. The van der Waals surface area contributed by atoms with Crippen LogP contribution in [0.25, 0.3) is 0 Å². The lowest BCUT2D eigenvalue weighted by molar-refractivity contribution is 0.779. The summed E-state index contributed by atoms with van der Waals surface area (Å²) in [6.45, 7) is 0. The van der Waals surface area contributed by atoms with Crippen LogP contribution >= 0.6 is 12.8 Å². The molecule has 1 aromatic rings. The van der Waals surface area contributed by atoms with Gasteiger partial charge in [0.05, 0.1) is 6.20 Å². The normalized spacial score (nSPS) is 9.25. The van der Waals surface area contributed by atoms with Crippen LogP contribution in [0.1, 0.15) is 0 Å². The average Bonchev–Trinajstić information content (AvgIpc) is 2.14. The molecule has 0 aliphatic heterocycles. The molecule has 0 unspecified atom stereocenters. The van der Waals surface area contributed by atoms with Crippen LogP contribution in [0.3, 0.4) is 0 Å². The second-order valence-electron chi connectivity index (χ2n) is 1.45. The lowest BCUT2D eigenvalue weighted by atomic mass is 10.7. The number of aromatic nitrogens is 2. The first kappa shape index (κ1) is 5.50. The molecule has 0 saturated carbocycles. The van der Waals surface area contributed by atoms with Gasteiger partial charge in [-0.05, 0) is 0 Å². The monoisotopic (exact) mass is 129 g/mol. The predicted molar refractivity (Wildman–Crippen MR) is 35.8 cm³/mol. The lowest BCUT2D eigenvalue weighted by Crippen LogP contribution is -1.93. The molecular formula is C4H7N3S. The molecule has 1 aromatic heterocycles. The van der Waals surface area contributed by atoms with Crippen molar-refractivity contribution in [2.45, 2.75) is 0 Å². The highest BCUT2D eigenvalue weighted by molar-refractivity contribution is 7.81. The Balaban J connectivity index is 2.92. The van der Waals surface area contributed by atoms with Crippen LogP contribution in [0.2, 0.25) is 0 Å². The summed E-state index contributed by atoms with van der Waals surface area (Å²) in [5.74, 6) is 0.897. The van der Waals surface area contributed by atoms with Crippen molar-refractivity contribution < 1.29 is 0 Å². The number of aryl methyl sites for hydroxylation is 1. The van der Waals surface area contributed by atoms with E-state index < -0.39 is 0 Å². The molecule has 1 heterocycles. The first-order chi connectivity index (χ1) is 3.84. The van der Waals surface area contributed by atoms with Crippen molar-refractivity contribution in [1.29, 1.82) is 0 Å². The van der Waals surface area contributed by atoms with Gasteiger partial charge in [-0.2, -0.15) is 5.10 Å². The fourth-order valence-electron chi connectivity index (χ4n) is 0.484. The van der Waals surface area contributed by atoms with E-state index in [2.05, 4.69) is 22.6 Å².